The third-order valence-corrected chi connectivity index (χ3v) is 5.55. The molecule has 1 fully saturated rings. The number of pyridine rings is 1. The zero-order valence-electron chi connectivity index (χ0n) is 13.9. The van der Waals surface area contributed by atoms with Crippen molar-refractivity contribution in [3.8, 4) is 0 Å². The number of anilines is 1. The van der Waals surface area contributed by atoms with Crippen LogP contribution in [0.2, 0.25) is 0 Å². The summed E-state index contributed by atoms with van der Waals surface area (Å²) in [7, 11) is 2.25. The molecule has 114 valence electrons. The molecule has 0 bridgehead atoms. The summed E-state index contributed by atoms with van der Waals surface area (Å²) in [5.74, 6) is 0.842. The van der Waals surface area contributed by atoms with Gasteiger partial charge in [0.1, 0.15) is 0 Å². The second-order valence-corrected chi connectivity index (χ2v) is 7.45. The highest BCUT2D eigenvalue weighted by atomic mass is 15.1. The fourth-order valence-corrected chi connectivity index (χ4v) is 4.72. The lowest BCUT2D eigenvalue weighted by atomic mass is 9.68. The summed E-state index contributed by atoms with van der Waals surface area (Å²) in [5, 5.41) is 0. The van der Waals surface area contributed by atoms with Gasteiger partial charge < -0.3 is 4.90 Å². The number of aromatic nitrogens is 1. The Morgan fingerprint density at radius 1 is 1.33 bits per heavy atom. The van der Waals surface area contributed by atoms with Gasteiger partial charge in [0, 0.05) is 24.4 Å². The average molecular weight is 284 g/mol. The molecule has 1 aromatic rings. The SMILES string of the molecule is CC1=C(C2(C)CCCC(C)C2)N(C)c2cnccc2CC1. The summed E-state index contributed by atoms with van der Waals surface area (Å²) >= 11 is 0. The van der Waals surface area contributed by atoms with Crippen LogP contribution in [-0.4, -0.2) is 12.0 Å². The maximum absolute atomic E-state index is 4.37. The van der Waals surface area contributed by atoms with Crippen molar-refractivity contribution in [2.45, 2.75) is 59.3 Å². The minimum Gasteiger partial charge on any atom is -0.346 e. The standard InChI is InChI=1S/C19H28N2/c1-14-6-5-10-19(3,12-14)18-15(2)7-8-16-9-11-20-13-17(16)21(18)4/h9,11,13-14H,5-8,10,12H2,1-4H3. The Morgan fingerprint density at radius 2 is 2.14 bits per heavy atom. The molecule has 1 aromatic heterocycles. The predicted octanol–water partition coefficient (Wildman–Crippen LogP) is 4.95. The van der Waals surface area contributed by atoms with E-state index in [1.54, 1.807) is 11.3 Å². The van der Waals surface area contributed by atoms with E-state index in [-0.39, 0.29) is 0 Å². The quantitative estimate of drug-likeness (QED) is 0.725. The molecule has 2 atom stereocenters. The van der Waals surface area contributed by atoms with E-state index >= 15 is 0 Å². The minimum atomic E-state index is 0.327. The molecule has 0 spiro atoms. The van der Waals surface area contributed by atoms with Crippen molar-refractivity contribution in [3.05, 3.63) is 35.3 Å². The summed E-state index contributed by atoms with van der Waals surface area (Å²) < 4.78 is 0. The van der Waals surface area contributed by atoms with Crippen molar-refractivity contribution in [1.82, 2.24) is 4.98 Å². The molecule has 1 aliphatic heterocycles. The first-order valence-corrected chi connectivity index (χ1v) is 8.38. The minimum absolute atomic E-state index is 0.327. The third kappa shape index (κ3) is 2.61. The Kier molecular flexibility index (Phi) is 3.81. The van der Waals surface area contributed by atoms with Crippen molar-refractivity contribution < 1.29 is 0 Å². The number of aryl methyl sites for hydroxylation is 1. The first-order chi connectivity index (χ1) is 10.0. The van der Waals surface area contributed by atoms with Gasteiger partial charge >= 0.3 is 0 Å². The van der Waals surface area contributed by atoms with Crippen LogP contribution in [0.3, 0.4) is 0 Å². The average Bonchev–Trinajstić information content (AvgIpc) is 2.57. The zero-order valence-corrected chi connectivity index (χ0v) is 13.9. The molecule has 0 amide bonds. The molecule has 21 heavy (non-hydrogen) atoms. The fourth-order valence-electron chi connectivity index (χ4n) is 4.72. The van der Waals surface area contributed by atoms with E-state index in [0.717, 1.165) is 12.3 Å². The van der Waals surface area contributed by atoms with Crippen LogP contribution in [0, 0.1) is 11.3 Å². The van der Waals surface area contributed by atoms with Gasteiger partial charge in [-0.1, -0.05) is 32.3 Å². The molecule has 2 heteroatoms. The number of fused-ring (bicyclic) bond motifs is 1. The number of allylic oxidation sites excluding steroid dienone is 2. The Hall–Kier alpha value is -1.31. The van der Waals surface area contributed by atoms with Gasteiger partial charge in [-0.3, -0.25) is 4.98 Å². The maximum atomic E-state index is 4.37. The van der Waals surface area contributed by atoms with E-state index in [4.69, 9.17) is 0 Å². The van der Waals surface area contributed by atoms with Gasteiger partial charge in [-0.05, 0) is 50.2 Å². The molecule has 0 saturated heterocycles. The van der Waals surface area contributed by atoms with Crippen LogP contribution in [0.5, 0.6) is 0 Å². The zero-order chi connectivity index (χ0) is 15.0. The van der Waals surface area contributed by atoms with E-state index in [1.165, 1.54) is 43.4 Å². The van der Waals surface area contributed by atoms with Crippen LogP contribution in [0.25, 0.3) is 0 Å². The van der Waals surface area contributed by atoms with Crippen LogP contribution >= 0.6 is 0 Å². The molecule has 2 aliphatic rings. The van der Waals surface area contributed by atoms with Crippen molar-refractivity contribution in [1.29, 1.82) is 0 Å². The summed E-state index contributed by atoms with van der Waals surface area (Å²) in [6.45, 7) is 7.24. The molecule has 0 radical (unpaired) electrons. The molecular weight excluding hydrogens is 256 g/mol. The largest absolute Gasteiger partial charge is 0.346 e. The number of nitrogens with zero attached hydrogens (tertiary/aromatic N) is 2. The molecular formula is C19H28N2. The Balaban J connectivity index is 2.03. The molecule has 2 nitrogen and oxygen atoms in total. The molecule has 2 unspecified atom stereocenters. The summed E-state index contributed by atoms with van der Waals surface area (Å²) in [4.78, 5) is 6.82. The van der Waals surface area contributed by atoms with Crippen molar-refractivity contribution in [2.75, 3.05) is 11.9 Å². The summed E-state index contributed by atoms with van der Waals surface area (Å²) in [5.41, 5.74) is 6.22. The Labute approximate surface area is 129 Å². The first-order valence-electron chi connectivity index (χ1n) is 8.38. The highest BCUT2D eigenvalue weighted by Crippen LogP contribution is 2.48. The van der Waals surface area contributed by atoms with Crippen molar-refractivity contribution >= 4 is 5.69 Å². The highest BCUT2D eigenvalue weighted by molar-refractivity contribution is 5.59. The fraction of sp³-hybridized carbons (Fsp3) is 0.632. The second kappa shape index (κ2) is 5.47. The van der Waals surface area contributed by atoms with Gasteiger partial charge in [0.25, 0.3) is 0 Å². The van der Waals surface area contributed by atoms with E-state index in [9.17, 15) is 0 Å². The highest BCUT2D eigenvalue weighted by Gasteiger charge is 2.38. The number of rotatable bonds is 1. The van der Waals surface area contributed by atoms with Crippen molar-refractivity contribution in [3.63, 3.8) is 0 Å². The van der Waals surface area contributed by atoms with Gasteiger partial charge in [0.15, 0.2) is 0 Å². The molecule has 0 N–H and O–H groups in total. The number of hydrogen-bond donors (Lipinski definition) is 0. The van der Waals surface area contributed by atoms with Crippen LogP contribution < -0.4 is 4.90 Å². The van der Waals surface area contributed by atoms with Gasteiger partial charge in [0.2, 0.25) is 0 Å². The Morgan fingerprint density at radius 3 is 2.90 bits per heavy atom. The van der Waals surface area contributed by atoms with Crippen LogP contribution in [-0.2, 0) is 6.42 Å². The first kappa shape index (κ1) is 14.6. The van der Waals surface area contributed by atoms with Gasteiger partial charge in [-0.2, -0.15) is 0 Å². The lowest BCUT2D eigenvalue weighted by Crippen LogP contribution is -2.35. The molecule has 1 saturated carbocycles. The molecule has 2 heterocycles. The van der Waals surface area contributed by atoms with Gasteiger partial charge in [0.05, 0.1) is 11.9 Å². The monoisotopic (exact) mass is 284 g/mol. The van der Waals surface area contributed by atoms with E-state index < -0.39 is 0 Å². The Bertz CT molecular complexity index is 560. The van der Waals surface area contributed by atoms with Crippen LogP contribution in [0.15, 0.2) is 29.7 Å². The maximum Gasteiger partial charge on any atom is 0.0624 e. The van der Waals surface area contributed by atoms with E-state index in [0.29, 0.717) is 5.41 Å². The van der Waals surface area contributed by atoms with Gasteiger partial charge in [-0.15, -0.1) is 0 Å². The molecule has 1 aliphatic carbocycles. The lowest BCUT2D eigenvalue weighted by molar-refractivity contribution is 0.205. The van der Waals surface area contributed by atoms with Crippen LogP contribution in [0.4, 0.5) is 5.69 Å². The van der Waals surface area contributed by atoms with Crippen molar-refractivity contribution in [2.24, 2.45) is 11.3 Å². The topological polar surface area (TPSA) is 16.1 Å². The third-order valence-electron chi connectivity index (χ3n) is 5.55. The van der Waals surface area contributed by atoms with Gasteiger partial charge in [-0.25, -0.2) is 0 Å². The second-order valence-electron chi connectivity index (χ2n) is 7.45. The predicted molar refractivity (Wildman–Crippen MR) is 89.4 cm³/mol. The summed E-state index contributed by atoms with van der Waals surface area (Å²) in [6, 6.07) is 2.19. The smallest absolute Gasteiger partial charge is 0.0624 e. The van der Waals surface area contributed by atoms with E-state index in [2.05, 4.69) is 43.8 Å². The number of hydrogen-bond acceptors (Lipinski definition) is 2. The normalized spacial score (nSPS) is 30.1. The lowest BCUT2D eigenvalue weighted by Gasteiger charge is -2.43. The van der Waals surface area contributed by atoms with E-state index in [1.807, 2.05) is 12.4 Å². The van der Waals surface area contributed by atoms with Crippen LogP contribution in [0.1, 0.15) is 58.4 Å². The summed E-state index contributed by atoms with van der Waals surface area (Å²) in [6.07, 6.45) is 11.7. The molecule has 3 rings (SSSR count). The molecule has 0 aromatic carbocycles.